The molecule has 0 bridgehead atoms. The summed E-state index contributed by atoms with van der Waals surface area (Å²) >= 11 is 13.3. The number of halogens is 3. The lowest BCUT2D eigenvalue weighted by Crippen LogP contribution is -2.32. The second kappa shape index (κ2) is 5.83. The molecule has 88 valence electrons. The van der Waals surface area contributed by atoms with Crippen LogP contribution < -0.4 is 0 Å². The SMILES string of the molecule is ClC(c1cc(Br)ccc1Br)C1COCCO1. The standard InChI is InChI=1S/C11H11Br2ClO2/c12-7-1-2-9(13)8(5-7)11(14)10-6-15-3-4-16-10/h1-2,5,10-11H,3-4,6H2. The minimum Gasteiger partial charge on any atom is -0.376 e. The van der Waals surface area contributed by atoms with E-state index in [-0.39, 0.29) is 11.5 Å². The highest BCUT2D eigenvalue weighted by molar-refractivity contribution is 9.11. The lowest BCUT2D eigenvalue weighted by atomic mass is 10.1. The maximum absolute atomic E-state index is 6.41. The van der Waals surface area contributed by atoms with Gasteiger partial charge in [0.25, 0.3) is 0 Å². The van der Waals surface area contributed by atoms with Crippen molar-refractivity contribution in [3.05, 3.63) is 32.7 Å². The lowest BCUT2D eigenvalue weighted by Gasteiger charge is -2.27. The van der Waals surface area contributed by atoms with Crippen molar-refractivity contribution < 1.29 is 9.47 Å². The third-order valence-corrected chi connectivity index (χ3v) is 4.15. The molecule has 0 amide bonds. The van der Waals surface area contributed by atoms with E-state index < -0.39 is 0 Å². The Balaban J connectivity index is 2.18. The molecule has 2 unspecified atom stereocenters. The fourth-order valence-electron chi connectivity index (χ4n) is 1.60. The summed E-state index contributed by atoms with van der Waals surface area (Å²) in [6.45, 7) is 1.81. The van der Waals surface area contributed by atoms with Gasteiger partial charge in [0.05, 0.1) is 25.2 Å². The monoisotopic (exact) mass is 368 g/mol. The topological polar surface area (TPSA) is 18.5 Å². The molecule has 1 aliphatic heterocycles. The molecule has 2 rings (SSSR count). The van der Waals surface area contributed by atoms with Gasteiger partial charge in [-0.15, -0.1) is 11.6 Å². The first kappa shape index (κ1) is 12.8. The molecule has 0 spiro atoms. The zero-order chi connectivity index (χ0) is 11.5. The summed E-state index contributed by atoms with van der Waals surface area (Å²) in [4.78, 5) is 0. The Morgan fingerprint density at radius 2 is 2.12 bits per heavy atom. The van der Waals surface area contributed by atoms with E-state index in [9.17, 15) is 0 Å². The molecule has 1 heterocycles. The van der Waals surface area contributed by atoms with E-state index >= 15 is 0 Å². The maximum Gasteiger partial charge on any atom is 0.101 e. The molecule has 16 heavy (non-hydrogen) atoms. The quantitative estimate of drug-likeness (QED) is 0.735. The number of hydrogen-bond donors (Lipinski definition) is 0. The average Bonchev–Trinajstić information content (AvgIpc) is 2.32. The van der Waals surface area contributed by atoms with E-state index in [0.717, 1.165) is 14.5 Å². The van der Waals surface area contributed by atoms with Crippen molar-refractivity contribution in [1.29, 1.82) is 0 Å². The Labute approximate surface area is 117 Å². The molecular weight excluding hydrogens is 359 g/mol. The summed E-state index contributed by atoms with van der Waals surface area (Å²) in [6, 6.07) is 5.94. The first-order valence-corrected chi connectivity index (χ1v) is 6.99. The van der Waals surface area contributed by atoms with Gasteiger partial charge in [-0.1, -0.05) is 31.9 Å². The highest BCUT2D eigenvalue weighted by Crippen LogP contribution is 2.34. The molecule has 2 nitrogen and oxygen atoms in total. The summed E-state index contributed by atoms with van der Waals surface area (Å²) in [7, 11) is 0. The predicted molar refractivity (Wildman–Crippen MR) is 71.0 cm³/mol. The van der Waals surface area contributed by atoms with Crippen molar-refractivity contribution in [2.24, 2.45) is 0 Å². The maximum atomic E-state index is 6.41. The van der Waals surface area contributed by atoms with Crippen LogP contribution in [0.5, 0.6) is 0 Å². The Kier molecular flexibility index (Phi) is 4.67. The minimum atomic E-state index is -0.202. The van der Waals surface area contributed by atoms with E-state index in [2.05, 4.69) is 31.9 Å². The van der Waals surface area contributed by atoms with Gasteiger partial charge in [0.15, 0.2) is 0 Å². The highest BCUT2D eigenvalue weighted by Gasteiger charge is 2.26. The first-order chi connectivity index (χ1) is 7.68. The van der Waals surface area contributed by atoms with Crippen molar-refractivity contribution in [1.82, 2.24) is 0 Å². The van der Waals surface area contributed by atoms with Gasteiger partial charge < -0.3 is 9.47 Å². The summed E-state index contributed by atoms with van der Waals surface area (Å²) in [5, 5.41) is -0.202. The molecule has 0 radical (unpaired) electrons. The van der Waals surface area contributed by atoms with E-state index in [0.29, 0.717) is 19.8 Å². The van der Waals surface area contributed by atoms with Gasteiger partial charge in [-0.25, -0.2) is 0 Å². The number of rotatable bonds is 2. The molecule has 1 aliphatic rings. The third kappa shape index (κ3) is 2.99. The van der Waals surface area contributed by atoms with E-state index in [1.807, 2.05) is 18.2 Å². The van der Waals surface area contributed by atoms with Gasteiger partial charge in [-0.2, -0.15) is 0 Å². The average molecular weight is 370 g/mol. The van der Waals surface area contributed by atoms with Gasteiger partial charge in [0.1, 0.15) is 6.10 Å². The van der Waals surface area contributed by atoms with Crippen LogP contribution in [0.25, 0.3) is 0 Å². The predicted octanol–water partition coefficient (Wildman–Crippen LogP) is 3.91. The first-order valence-electron chi connectivity index (χ1n) is 4.97. The van der Waals surface area contributed by atoms with Crippen LogP contribution in [0.4, 0.5) is 0 Å². The summed E-state index contributed by atoms with van der Waals surface area (Å²) in [5.74, 6) is 0. The Hall–Kier alpha value is 0.390. The fourth-order valence-corrected chi connectivity index (χ4v) is 2.93. The van der Waals surface area contributed by atoms with Gasteiger partial charge in [-0.3, -0.25) is 0 Å². The summed E-state index contributed by atoms with van der Waals surface area (Å²) in [5.41, 5.74) is 1.02. The summed E-state index contributed by atoms with van der Waals surface area (Å²) < 4.78 is 13.0. The Bertz CT molecular complexity index is 367. The Morgan fingerprint density at radius 1 is 1.31 bits per heavy atom. The minimum absolute atomic E-state index is 0.0824. The second-order valence-corrected chi connectivity index (χ2v) is 5.79. The zero-order valence-corrected chi connectivity index (χ0v) is 12.4. The second-order valence-electron chi connectivity index (χ2n) is 3.55. The fraction of sp³-hybridized carbons (Fsp3) is 0.455. The van der Waals surface area contributed by atoms with Crippen molar-refractivity contribution in [2.75, 3.05) is 19.8 Å². The Morgan fingerprint density at radius 3 is 2.81 bits per heavy atom. The zero-order valence-electron chi connectivity index (χ0n) is 8.46. The van der Waals surface area contributed by atoms with Gasteiger partial charge in [-0.05, 0) is 23.8 Å². The third-order valence-electron chi connectivity index (χ3n) is 2.42. The van der Waals surface area contributed by atoms with Crippen LogP contribution in [-0.4, -0.2) is 25.9 Å². The molecule has 1 fully saturated rings. The molecule has 5 heteroatoms. The van der Waals surface area contributed by atoms with Crippen LogP contribution in [0.3, 0.4) is 0 Å². The number of alkyl halides is 1. The molecule has 0 N–H and O–H groups in total. The molecule has 2 atom stereocenters. The smallest absolute Gasteiger partial charge is 0.101 e. The normalized spacial score (nSPS) is 23.1. The van der Waals surface area contributed by atoms with Crippen molar-refractivity contribution in [2.45, 2.75) is 11.5 Å². The number of ether oxygens (including phenoxy) is 2. The van der Waals surface area contributed by atoms with Crippen LogP contribution in [0, 0.1) is 0 Å². The molecular formula is C11H11Br2ClO2. The largest absolute Gasteiger partial charge is 0.376 e. The van der Waals surface area contributed by atoms with Gasteiger partial charge >= 0.3 is 0 Å². The molecule has 1 aromatic carbocycles. The van der Waals surface area contributed by atoms with Crippen molar-refractivity contribution in [3.63, 3.8) is 0 Å². The molecule has 0 aliphatic carbocycles. The van der Waals surface area contributed by atoms with Crippen molar-refractivity contribution in [3.8, 4) is 0 Å². The number of hydrogen-bond acceptors (Lipinski definition) is 2. The molecule has 0 aromatic heterocycles. The van der Waals surface area contributed by atoms with Crippen LogP contribution in [0.2, 0.25) is 0 Å². The van der Waals surface area contributed by atoms with Gasteiger partial charge in [0, 0.05) is 8.95 Å². The van der Waals surface area contributed by atoms with E-state index in [4.69, 9.17) is 21.1 Å². The lowest BCUT2D eigenvalue weighted by molar-refractivity contribution is -0.0893. The summed E-state index contributed by atoms with van der Waals surface area (Å²) in [6.07, 6.45) is -0.0824. The van der Waals surface area contributed by atoms with Crippen LogP contribution in [0.15, 0.2) is 27.1 Å². The van der Waals surface area contributed by atoms with Gasteiger partial charge in [0.2, 0.25) is 0 Å². The molecule has 1 saturated heterocycles. The van der Waals surface area contributed by atoms with Crippen LogP contribution in [-0.2, 0) is 9.47 Å². The van der Waals surface area contributed by atoms with Crippen LogP contribution in [0.1, 0.15) is 10.9 Å². The molecule has 1 aromatic rings. The van der Waals surface area contributed by atoms with E-state index in [1.165, 1.54) is 0 Å². The molecule has 0 saturated carbocycles. The van der Waals surface area contributed by atoms with E-state index in [1.54, 1.807) is 0 Å². The number of benzene rings is 1. The van der Waals surface area contributed by atoms with Crippen LogP contribution >= 0.6 is 43.5 Å². The highest BCUT2D eigenvalue weighted by atomic mass is 79.9. The van der Waals surface area contributed by atoms with Crippen molar-refractivity contribution >= 4 is 43.5 Å².